The van der Waals surface area contributed by atoms with E-state index in [4.69, 9.17) is 6.42 Å². The highest BCUT2D eigenvalue weighted by atomic mass is 79.9. The molecule has 4 aromatic carbocycles. The Morgan fingerprint density at radius 1 is 0.631 bits per heavy atom. The van der Waals surface area contributed by atoms with Gasteiger partial charge in [0.1, 0.15) is 20.5 Å². The van der Waals surface area contributed by atoms with Crippen LogP contribution in [0.15, 0.2) is 146 Å². The number of rotatable bonds is 12. The minimum atomic E-state index is -4.02. The molecule has 4 aromatic heterocycles. The normalized spacial score (nSPS) is 12.1. The van der Waals surface area contributed by atoms with Crippen molar-refractivity contribution in [3.05, 3.63) is 176 Å². The van der Waals surface area contributed by atoms with Crippen LogP contribution in [0.2, 0.25) is 0 Å². The zero-order valence-electron chi connectivity index (χ0n) is 34.7. The van der Waals surface area contributed by atoms with E-state index in [0.29, 0.717) is 8.66 Å². The number of carboxylic acids is 2. The van der Waals surface area contributed by atoms with E-state index in [1.165, 1.54) is 17.7 Å². The summed E-state index contributed by atoms with van der Waals surface area (Å²) in [6, 6.07) is 34.1. The first-order chi connectivity index (χ1) is 31.0. The SMILES string of the molecule is C#Cc1ccc(C)cc1.Cc1ccc(C#Cc2ccc(S(=O)(=O)N[C@H](Cc3c[nH]c4ccccc34)C(=O)O)s2)cc1.O=C(O)[C@@H](Cc1c[nH]c2ccccc12)NS(=O)(=O)c1ccc(Br)s1. The molecule has 12 nitrogen and oxygen atoms in total. The van der Waals surface area contributed by atoms with Gasteiger partial charge in [0.15, 0.2) is 0 Å². The van der Waals surface area contributed by atoms with E-state index < -0.39 is 44.1 Å². The number of aromatic amines is 2. The Bertz CT molecular complexity index is 3280. The van der Waals surface area contributed by atoms with Gasteiger partial charge in [-0.2, -0.15) is 9.44 Å². The lowest BCUT2D eigenvalue weighted by Gasteiger charge is -2.13. The van der Waals surface area contributed by atoms with Crippen LogP contribution in [-0.4, -0.2) is 61.0 Å². The molecule has 65 heavy (non-hydrogen) atoms. The molecular weight excluding hydrogens is 969 g/mol. The van der Waals surface area contributed by atoms with Gasteiger partial charge in [0.25, 0.3) is 20.0 Å². The van der Waals surface area contributed by atoms with Crippen molar-refractivity contribution in [2.45, 2.75) is 47.2 Å². The van der Waals surface area contributed by atoms with Crippen LogP contribution in [0.5, 0.6) is 0 Å². The van der Waals surface area contributed by atoms with E-state index in [-0.39, 0.29) is 21.3 Å². The molecule has 0 spiro atoms. The van der Waals surface area contributed by atoms with Crippen molar-refractivity contribution in [2.24, 2.45) is 0 Å². The third-order valence-electron chi connectivity index (χ3n) is 9.65. The quantitative estimate of drug-likeness (QED) is 0.0653. The molecule has 2 atom stereocenters. The third kappa shape index (κ3) is 13.2. The Balaban J connectivity index is 0.000000186. The number of sulfonamides is 2. The van der Waals surface area contributed by atoms with Crippen LogP contribution in [0.25, 0.3) is 21.8 Å². The molecule has 0 amide bonds. The lowest BCUT2D eigenvalue weighted by atomic mass is 10.1. The van der Waals surface area contributed by atoms with Gasteiger partial charge >= 0.3 is 11.9 Å². The van der Waals surface area contributed by atoms with Crippen molar-refractivity contribution in [1.82, 2.24) is 19.4 Å². The molecule has 0 bridgehead atoms. The van der Waals surface area contributed by atoms with Crippen LogP contribution in [-0.2, 0) is 42.5 Å². The Kier molecular flexibility index (Phi) is 16.0. The van der Waals surface area contributed by atoms with Crippen LogP contribution in [0, 0.1) is 38.0 Å². The van der Waals surface area contributed by atoms with Crippen molar-refractivity contribution < 1.29 is 36.6 Å². The predicted octanol–water partition coefficient (Wildman–Crippen LogP) is 8.85. The first-order valence-electron chi connectivity index (χ1n) is 19.6. The number of H-pyrrole nitrogens is 2. The van der Waals surface area contributed by atoms with Gasteiger partial charge in [-0.05, 0) is 102 Å². The van der Waals surface area contributed by atoms with E-state index in [1.807, 2.05) is 111 Å². The van der Waals surface area contributed by atoms with Gasteiger partial charge in [-0.3, -0.25) is 9.59 Å². The number of hydrogen-bond acceptors (Lipinski definition) is 8. The molecule has 8 rings (SSSR count). The monoisotopic (exact) mass is 1010 g/mol. The number of aliphatic carboxylic acids is 2. The summed E-state index contributed by atoms with van der Waals surface area (Å²) in [6.07, 6.45) is 8.63. The van der Waals surface area contributed by atoms with Crippen molar-refractivity contribution in [1.29, 1.82) is 0 Å². The lowest BCUT2D eigenvalue weighted by Crippen LogP contribution is -2.41. The molecule has 17 heteroatoms. The fourth-order valence-electron chi connectivity index (χ4n) is 6.28. The molecule has 4 heterocycles. The Hall–Kier alpha value is -6.28. The number of thiophene rings is 2. The molecule has 6 N–H and O–H groups in total. The minimum absolute atomic E-state index is 0.0179. The average molecular weight is 1010 g/mol. The van der Waals surface area contributed by atoms with E-state index in [1.54, 1.807) is 24.5 Å². The van der Waals surface area contributed by atoms with Gasteiger partial charge in [0.2, 0.25) is 0 Å². The number of carboxylic acid groups (broad SMARTS) is 2. The summed E-state index contributed by atoms with van der Waals surface area (Å²) in [5.41, 5.74) is 7.36. The second kappa shape index (κ2) is 21.6. The fourth-order valence-corrected chi connectivity index (χ4v) is 11.9. The molecule has 0 radical (unpaired) electrons. The van der Waals surface area contributed by atoms with Gasteiger partial charge < -0.3 is 20.2 Å². The van der Waals surface area contributed by atoms with Crippen LogP contribution >= 0.6 is 38.6 Å². The van der Waals surface area contributed by atoms with Crippen LogP contribution in [0.3, 0.4) is 0 Å². The van der Waals surface area contributed by atoms with Gasteiger partial charge in [-0.15, -0.1) is 29.1 Å². The smallest absolute Gasteiger partial charge is 0.322 e. The van der Waals surface area contributed by atoms with Gasteiger partial charge in [-0.25, -0.2) is 16.8 Å². The number of aryl methyl sites for hydroxylation is 2. The fraction of sp³-hybridized carbons (Fsp3) is 0.125. The summed E-state index contributed by atoms with van der Waals surface area (Å²) >= 11 is 5.23. The number of terminal acetylenes is 1. The lowest BCUT2D eigenvalue weighted by molar-refractivity contribution is -0.139. The van der Waals surface area contributed by atoms with Crippen LogP contribution in [0.4, 0.5) is 0 Å². The van der Waals surface area contributed by atoms with Gasteiger partial charge in [0.05, 0.1) is 8.66 Å². The molecule has 8 aromatic rings. The van der Waals surface area contributed by atoms with Gasteiger partial charge in [-0.1, -0.05) is 89.6 Å². The highest BCUT2D eigenvalue weighted by molar-refractivity contribution is 9.11. The summed E-state index contributed by atoms with van der Waals surface area (Å²) in [4.78, 5) is 30.0. The highest BCUT2D eigenvalue weighted by Gasteiger charge is 2.29. The molecule has 332 valence electrons. The van der Waals surface area contributed by atoms with E-state index in [0.717, 1.165) is 72.3 Å². The molecular formula is C48H41BrN4O8S4. The molecule has 0 fully saturated rings. The zero-order valence-corrected chi connectivity index (χ0v) is 39.6. The summed E-state index contributed by atoms with van der Waals surface area (Å²) in [5.74, 6) is 6.06. The number of aromatic nitrogens is 2. The van der Waals surface area contributed by atoms with Crippen molar-refractivity contribution in [3.63, 3.8) is 0 Å². The molecule has 0 unspecified atom stereocenters. The number of para-hydroxylation sites is 2. The number of carbonyl (C=O) groups is 2. The third-order valence-corrected chi connectivity index (χ3v) is 16.2. The molecule has 0 aliphatic rings. The first-order valence-corrected chi connectivity index (χ1v) is 25.0. The Morgan fingerprint density at radius 3 is 1.52 bits per heavy atom. The number of nitrogens with one attached hydrogen (secondary N) is 4. The minimum Gasteiger partial charge on any atom is -0.480 e. The van der Waals surface area contributed by atoms with Crippen molar-refractivity contribution >= 4 is 92.4 Å². The number of fused-ring (bicyclic) bond motifs is 2. The van der Waals surface area contributed by atoms with Crippen molar-refractivity contribution in [2.75, 3.05) is 0 Å². The maximum absolute atomic E-state index is 12.8. The van der Waals surface area contributed by atoms with Crippen LogP contribution < -0.4 is 9.44 Å². The van der Waals surface area contributed by atoms with E-state index in [9.17, 15) is 36.6 Å². The summed E-state index contributed by atoms with van der Waals surface area (Å²) in [7, 11) is -7.91. The summed E-state index contributed by atoms with van der Waals surface area (Å²) in [5, 5.41) is 20.8. The topological polar surface area (TPSA) is 199 Å². The molecule has 0 aliphatic heterocycles. The number of hydrogen-bond donors (Lipinski definition) is 6. The van der Waals surface area contributed by atoms with E-state index in [2.05, 4.69) is 53.1 Å². The summed E-state index contributed by atoms with van der Waals surface area (Å²) in [6.45, 7) is 4.03. The predicted molar refractivity (Wildman–Crippen MR) is 260 cm³/mol. The highest BCUT2D eigenvalue weighted by Crippen LogP contribution is 2.27. The number of halogens is 1. The van der Waals surface area contributed by atoms with Crippen LogP contribution in [0.1, 0.15) is 38.3 Å². The maximum atomic E-state index is 12.8. The second-order valence-electron chi connectivity index (χ2n) is 14.5. The average Bonchev–Trinajstić information content (AvgIpc) is 4.12. The molecule has 0 saturated carbocycles. The standard InChI is InChI=1S/C24H20N2O4S2.C15H13BrN2O4S2.C9H8/c1-16-6-8-17(9-7-16)10-11-19-12-13-23(31-19)32(29,30)26-22(24(27)28)14-18-15-25-21-5-3-2-4-20(18)21;16-13-5-6-14(23-13)24(21,22)18-12(15(19)20)7-9-8-17-11-4-2-1-3-10(9)11;1-3-9-6-4-8(2)5-7-9/h2-9,12-13,15,22,25-26H,14H2,1H3,(H,27,28);1-6,8,12,17-18H,7H2,(H,19,20);1,4-7H,2H3/t22-;12-;/m11./s1. The maximum Gasteiger partial charge on any atom is 0.322 e. The second-order valence-corrected chi connectivity index (χ2v) is 21.9. The van der Waals surface area contributed by atoms with Crippen molar-refractivity contribution in [3.8, 4) is 24.2 Å². The first kappa shape index (κ1) is 48.2. The van der Waals surface area contributed by atoms with Gasteiger partial charge in [0, 0.05) is 58.2 Å². The number of benzene rings is 4. The Labute approximate surface area is 393 Å². The Morgan fingerprint density at radius 2 is 1.08 bits per heavy atom. The largest absolute Gasteiger partial charge is 0.480 e. The zero-order chi connectivity index (χ0) is 46.7. The molecule has 0 aliphatic carbocycles. The summed E-state index contributed by atoms with van der Waals surface area (Å²) < 4.78 is 55.8. The van der Waals surface area contributed by atoms with E-state index >= 15 is 0 Å². The molecule has 0 saturated heterocycles.